The normalized spacial score (nSPS) is 16.4. The van der Waals surface area contributed by atoms with Crippen LogP contribution in [0, 0.1) is 20.8 Å². The standard InChI is InChI=1S/C15H23NO/c1-12-10-13(2)15(14(3)11-12)17-9-8-16-6-4-5-7-16/h10-11H,4-9H2,1-3H3/p+1. The lowest BCUT2D eigenvalue weighted by molar-refractivity contribution is -0.887. The van der Waals surface area contributed by atoms with Crippen LogP contribution in [0.1, 0.15) is 29.5 Å². The lowest BCUT2D eigenvalue weighted by Crippen LogP contribution is -3.10. The van der Waals surface area contributed by atoms with Crippen molar-refractivity contribution in [2.45, 2.75) is 33.6 Å². The number of hydrogen-bond acceptors (Lipinski definition) is 1. The Morgan fingerprint density at radius 2 is 1.65 bits per heavy atom. The molecule has 2 nitrogen and oxygen atoms in total. The van der Waals surface area contributed by atoms with Gasteiger partial charge in [-0.1, -0.05) is 17.7 Å². The third kappa shape index (κ3) is 3.22. The minimum atomic E-state index is 0.847. The fourth-order valence-corrected chi connectivity index (χ4v) is 2.82. The molecule has 1 saturated heterocycles. The third-order valence-electron chi connectivity index (χ3n) is 3.62. The van der Waals surface area contributed by atoms with Crippen LogP contribution in [-0.2, 0) is 0 Å². The average Bonchev–Trinajstić information content (AvgIpc) is 2.74. The van der Waals surface area contributed by atoms with E-state index in [0.29, 0.717) is 0 Å². The van der Waals surface area contributed by atoms with E-state index in [0.717, 1.165) is 18.9 Å². The monoisotopic (exact) mass is 234 g/mol. The van der Waals surface area contributed by atoms with Crippen LogP contribution in [0.4, 0.5) is 0 Å². The van der Waals surface area contributed by atoms with Crippen LogP contribution in [0.5, 0.6) is 5.75 Å². The first-order valence-electron chi connectivity index (χ1n) is 6.71. The molecule has 1 aliphatic heterocycles. The van der Waals surface area contributed by atoms with Crippen molar-refractivity contribution in [3.8, 4) is 5.75 Å². The second-order valence-corrected chi connectivity index (χ2v) is 5.28. The molecule has 0 amide bonds. The van der Waals surface area contributed by atoms with Gasteiger partial charge >= 0.3 is 0 Å². The summed E-state index contributed by atoms with van der Waals surface area (Å²) < 4.78 is 5.96. The molecular weight excluding hydrogens is 210 g/mol. The van der Waals surface area contributed by atoms with E-state index in [2.05, 4.69) is 32.9 Å². The zero-order valence-electron chi connectivity index (χ0n) is 11.3. The molecule has 1 N–H and O–H groups in total. The predicted octanol–water partition coefficient (Wildman–Crippen LogP) is 1.67. The van der Waals surface area contributed by atoms with Crippen molar-refractivity contribution in [3.63, 3.8) is 0 Å². The largest absolute Gasteiger partial charge is 0.487 e. The molecule has 0 bridgehead atoms. The second kappa shape index (κ2) is 5.54. The summed E-state index contributed by atoms with van der Waals surface area (Å²) in [5.41, 5.74) is 3.84. The van der Waals surface area contributed by atoms with Gasteiger partial charge in [0.05, 0.1) is 13.1 Å². The molecule has 0 spiro atoms. The van der Waals surface area contributed by atoms with E-state index in [9.17, 15) is 0 Å². The number of quaternary nitrogens is 1. The van der Waals surface area contributed by atoms with Gasteiger partial charge < -0.3 is 9.64 Å². The fourth-order valence-electron chi connectivity index (χ4n) is 2.82. The highest BCUT2D eigenvalue weighted by atomic mass is 16.5. The molecule has 0 saturated carbocycles. The van der Waals surface area contributed by atoms with Gasteiger partial charge in [-0.05, 0) is 31.9 Å². The lowest BCUT2D eigenvalue weighted by Gasteiger charge is -2.15. The first kappa shape index (κ1) is 12.4. The predicted molar refractivity (Wildman–Crippen MR) is 70.9 cm³/mol. The summed E-state index contributed by atoms with van der Waals surface area (Å²) in [5.74, 6) is 1.09. The quantitative estimate of drug-likeness (QED) is 0.836. The Balaban J connectivity index is 1.89. The van der Waals surface area contributed by atoms with E-state index in [4.69, 9.17) is 4.74 Å². The molecule has 1 aliphatic rings. The Morgan fingerprint density at radius 1 is 1.06 bits per heavy atom. The van der Waals surface area contributed by atoms with Crippen molar-refractivity contribution in [2.75, 3.05) is 26.2 Å². The molecule has 0 atom stereocenters. The molecule has 1 aromatic carbocycles. The van der Waals surface area contributed by atoms with Crippen molar-refractivity contribution < 1.29 is 9.64 Å². The van der Waals surface area contributed by atoms with Gasteiger partial charge in [0.25, 0.3) is 0 Å². The van der Waals surface area contributed by atoms with Crippen LogP contribution in [0.3, 0.4) is 0 Å². The Bertz CT molecular complexity index is 358. The Hall–Kier alpha value is -1.02. The SMILES string of the molecule is Cc1cc(C)c(OCC[NH+]2CCCC2)c(C)c1. The van der Waals surface area contributed by atoms with Gasteiger partial charge in [0, 0.05) is 12.8 Å². The lowest BCUT2D eigenvalue weighted by atomic mass is 10.1. The number of aryl methyl sites for hydroxylation is 3. The highest BCUT2D eigenvalue weighted by Crippen LogP contribution is 2.24. The maximum absolute atomic E-state index is 5.96. The highest BCUT2D eigenvalue weighted by molar-refractivity contribution is 5.42. The summed E-state index contributed by atoms with van der Waals surface area (Å²) in [7, 11) is 0. The molecule has 0 unspecified atom stereocenters. The van der Waals surface area contributed by atoms with Crippen LogP contribution in [0.15, 0.2) is 12.1 Å². The molecule has 0 aliphatic carbocycles. The Kier molecular flexibility index (Phi) is 4.06. The summed E-state index contributed by atoms with van der Waals surface area (Å²) in [6, 6.07) is 4.40. The van der Waals surface area contributed by atoms with Gasteiger partial charge in [0.2, 0.25) is 0 Å². The molecule has 17 heavy (non-hydrogen) atoms. The topological polar surface area (TPSA) is 13.7 Å². The van der Waals surface area contributed by atoms with Crippen LogP contribution >= 0.6 is 0 Å². The van der Waals surface area contributed by atoms with Gasteiger partial charge in [0.15, 0.2) is 0 Å². The highest BCUT2D eigenvalue weighted by Gasteiger charge is 2.15. The van der Waals surface area contributed by atoms with E-state index in [1.165, 1.54) is 42.6 Å². The van der Waals surface area contributed by atoms with Crippen LogP contribution < -0.4 is 9.64 Å². The Labute approximate surface area is 105 Å². The zero-order chi connectivity index (χ0) is 12.3. The maximum atomic E-state index is 5.96. The van der Waals surface area contributed by atoms with Gasteiger partial charge in [-0.3, -0.25) is 0 Å². The maximum Gasteiger partial charge on any atom is 0.137 e. The molecule has 1 aromatic rings. The van der Waals surface area contributed by atoms with Crippen LogP contribution in [0.25, 0.3) is 0 Å². The molecule has 2 heteroatoms. The summed E-state index contributed by atoms with van der Waals surface area (Å²) in [4.78, 5) is 1.70. The van der Waals surface area contributed by atoms with E-state index in [-0.39, 0.29) is 0 Å². The number of hydrogen-bond donors (Lipinski definition) is 1. The van der Waals surface area contributed by atoms with Gasteiger partial charge in [-0.15, -0.1) is 0 Å². The number of benzene rings is 1. The fraction of sp³-hybridized carbons (Fsp3) is 0.600. The van der Waals surface area contributed by atoms with E-state index < -0.39 is 0 Å². The molecule has 0 radical (unpaired) electrons. The van der Waals surface area contributed by atoms with Crippen molar-refractivity contribution in [1.29, 1.82) is 0 Å². The van der Waals surface area contributed by atoms with Crippen molar-refractivity contribution >= 4 is 0 Å². The number of rotatable bonds is 4. The smallest absolute Gasteiger partial charge is 0.137 e. The summed E-state index contributed by atoms with van der Waals surface area (Å²) >= 11 is 0. The minimum absolute atomic E-state index is 0.847. The minimum Gasteiger partial charge on any atom is -0.487 e. The van der Waals surface area contributed by atoms with Crippen molar-refractivity contribution in [2.24, 2.45) is 0 Å². The molecule has 0 aromatic heterocycles. The second-order valence-electron chi connectivity index (χ2n) is 5.28. The van der Waals surface area contributed by atoms with Gasteiger partial charge in [-0.2, -0.15) is 0 Å². The summed E-state index contributed by atoms with van der Waals surface area (Å²) in [5, 5.41) is 0. The molecule has 94 valence electrons. The molecule has 1 heterocycles. The van der Waals surface area contributed by atoms with E-state index in [1.54, 1.807) is 4.90 Å². The molecule has 2 rings (SSSR count). The Morgan fingerprint density at radius 3 is 2.24 bits per heavy atom. The number of ether oxygens (including phenoxy) is 1. The van der Waals surface area contributed by atoms with Gasteiger partial charge in [0.1, 0.15) is 18.9 Å². The first-order valence-corrected chi connectivity index (χ1v) is 6.71. The molecule has 1 fully saturated rings. The third-order valence-corrected chi connectivity index (χ3v) is 3.62. The number of likely N-dealkylation sites (tertiary alicyclic amines) is 1. The first-order chi connectivity index (χ1) is 8.16. The van der Waals surface area contributed by atoms with E-state index in [1.807, 2.05) is 0 Å². The van der Waals surface area contributed by atoms with Crippen LogP contribution in [0.2, 0.25) is 0 Å². The molecular formula is C15H24NO+. The zero-order valence-corrected chi connectivity index (χ0v) is 11.3. The summed E-state index contributed by atoms with van der Waals surface area (Å²) in [6.45, 7) is 11.1. The van der Waals surface area contributed by atoms with Crippen molar-refractivity contribution in [1.82, 2.24) is 0 Å². The van der Waals surface area contributed by atoms with Gasteiger partial charge in [-0.25, -0.2) is 0 Å². The summed E-state index contributed by atoms with van der Waals surface area (Å²) in [6.07, 6.45) is 2.77. The van der Waals surface area contributed by atoms with E-state index >= 15 is 0 Å². The average molecular weight is 234 g/mol. The van der Waals surface area contributed by atoms with Crippen molar-refractivity contribution in [3.05, 3.63) is 28.8 Å². The van der Waals surface area contributed by atoms with Crippen LogP contribution in [-0.4, -0.2) is 26.2 Å². The number of nitrogens with one attached hydrogen (secondary N) is 1.